The van der Waals surface area contributed by atoms with Gasteiger partial charge in [-0.25, -0.2) is 9.37 Å². The monoisotopic (exact) mass is 358 g/mol. The lowest BCUT2D eigenvalue weighted by molar-refractivity contribution is 0.100. The molecule has 2 aromatic heterocycles. The molecule has 1 amide bonds. The van der Waals surface area contributed by atoms with Crippen molar-refractivity contribution in [3.05, 3.63) is 41.5 Å². The maximum absolute atomic E-state index is 14.5. The van der Waals surface area contributed by atoms with Crippen LogP contribution in [0.3, 0.4) is 0 Å². The highest BCUT2D eigenvalue weighted by atomic mass is 19.1. The number of aromatic nitrogens is 2. The third-order valence-corrected chi connectivity index (χ3v) is 4.68. The number of anilines is 3. The summed E-state index contributed by atoms with van der Waals surface area (Å²) in [5, 5.41) is 6.11. The molecule has 1 aliphatic rings. The Morgan fingerprint density at radius 1 is 1.31 bits per heavy atom. The van der Waals surface area contributed by atoms with Crippen molar-refractivity contribution in [2.75, 3.05) is 10.6 Å². The molecule has 1 saturated carbocycles. The first kappa shape index (κ1) is 18.1. The lowest BCUT2D eigenvalue weighted by Crippen LogP contribution is -2.43. The van der Waals surface area contributed by atoms with Crippen LogP contribution in [0.2, 0.25) is 0 Å². The fraction of sp³-hybridized carbons (Fsp3) is 0.389. The van der Waals surface area contributed by atoms with Crippen molar-refractivity contribution >= 4 is 23.2 Å². The van der Waals surface area contributed by atoms with E-state index < -0.39 is 11.7 Å². The van der Waals surface area contributed by atoms with E-state index in [1.807, 2.05) is 13.0 Å². The van der Waals surface area contributed by atoms with Crippen molar-refractivity contribution in [1.82, 2.24) is 9.97 Å². The summed E-state index contributed by atoms with van der Waals surface area (Å²) in [5.74, 6) is -1.16. The smallest absolute Gasteiger partial charge is 0.252 e. The first-order chi connectivity index (χ1) is 12.5. The Morgan fingerprint density at radius 3 is 2.77 bits per heavy atom. The number of rotatable bonds is 5. The Morgan fingerprint density at radius 2 is 2.08 bits per heavy atom. The van der Waals surface area contributed by atoms with Gasteiger partial charge in [-0.3, -0.25) is 9.78 Å². The predicted octanol–water partition coefficient (Wildman–Crippen LogP) is 2.45. The third-order valence-electron chi connectivity index (χ3n) is 4.68. The maximum Gasteiger partial charge on any atom is 0.252 e. The van der Waals surface area contributed by atoms with Crippen LogP contribution < -0.4 is 22.1 Å². The van der Waals surface area contributed by atoms with E-state index in [2.05, 4.69) is 20.6 Å². The van der Waals surface area contributed by atoms with Crippen LogP contribution in [0.25, 0.3) is 0 Å². The molecule has 0 saturated heterocycles. The fourth-order valence-corrected chi connectivity index (χ4v) is 3.11. The van der Waals surface area contributed by atoms with Crippen LogP contribution in [-0.2, 0) is 0 Å². The molecule has 138 valence electrons. The number of nitrogens with zero attached hydrogens (tertiary/aromatic N) is 2. The standard InChI is InChI=1S/C18H23FN6O/c1-10-6-7-22-9-15(10)24-17-11(16(21)26)8-12(19)18(25-17)23-14-5-3-2-4-13(14)20/h6-9,13-14H,2-5,20H2,1H3,(H2,21,26)(H2,23,24,25)/t13-,14+/m0/s1. The SMILES string of the molecule is Cc1ccncc1Nc1nc(N[C@@H]2CCCC[C@@H]2N)c(F)cc1C(N)=O. The summed E-state index contributed by atoms with van der Waals surface area (Å²) in [6, 6.07) is 2.80. The number of carbonyl (C=O) groups excluding carboxylic acids is 1. The lowest BCUT2D eigenvalue weighted by Gasteiger charge is -2.30. The number of pyridine rings is 2. The average Bonchev–Trinajstić information content (AvgIpc) is 2.61. The second kappa shape index (κ2) is 7.65. The van der Waals surface area contributed by atoms with Gasteiger partial charge in [0.2, 0.25) is 0 Å². The van der Waals surface area contributed by atoms with Crippen LogP contribution in [0, 0.1) is 12.7 Å². The van der Waals surface area contributed by atoms with E-state index in [-0.39, 0.29) is 29.3 Å². The second-order valence-corrected chi connectivity index (χ2v) is 6.59. The molecule has 8 heteroatoms. The van der Waals surface area contributed by atoms with Crippen LogP contribution >= 0.6 is 0 Å². The average molecular weight is 358 g/mol. The first-order valence-corrected chi connectivity index (χ1v) is 8.66. The Kier molecular flexibility index (Phi) is 5.32. The zero-order valence-corrected chi connectivity index (χ0v) is 14.6. The molecule has 1 fully saturated rings. The maximum atomic E-state index is 14.5. The Balaban J connectivity index is 1.93. The fourth-order valence-electron chi connectivity index (χ4n) is 3.11. The highest BCUT2D eigenvalue weighted by Gasteiger charge is 2.24. The van der Waals surface area contributed by atoms with Gasteiger partial charge in [0, 0.05) is 18.3 Å². The molecule has 0 unspecified atom stereocenters. The van der Waals surface area contributed by atoms with Gasteiger partial charge in [0.25, 0.3) is 5.91 Å². The summed E-state index contributed by atoms with van der Waals surface area (Å²) < 4.78 is 14.5. The number of carbonyl (C=O) groups is 1. The summed E-state index contributed by atoms with van der Waals surface area (Å²) in [6.45, 7) is 1.89. The van der Waals surface area contributed by atoms with Gasteiger partial charge in [-0.05, 0) is 37.5 Å². The summed E-state index contributed by atoms with van der Waals surface area (Å²) in [5.41, 5.74) is 13.1. The normalized spacial score (nSPS) is 19.8. The third kappa shape index (κ3) is 3.91. The summed E-state index contributed by atoms with van der Waals surface area (Å²) in [4.78, 5) is 20.0. The summed E-state index contributed by atoms with van der Waals surface area (Å²) >= 11 is 0. The minimum absolute atomic E-state index is 0.0238. The van der Waals surface area contributed by atoms with E-state index in [0.29, 0.717) is 5.69 Å². The van der Waals surface area contributed by atoms with Crippen LogP contribution in [-0.4, -0.2) is 28.0 Å². The number of primary amides is 1. The molecule has 26 heavy (non-hydrogen) atoms. The molecule has 2 heterocycles. The van der Waals surface area contributed by atoms with E-state index in [9.17, 15) is 9.18 Å². The largest absolute Gasteiger partial charge is 0.365 e. The molecule has 0 bridgehead atoms. The van der Waals surface area contributed by atoms with Crippen molar-refractivity contribution in [3.8, 4) is 0 Å². The number of hydrogen-bond donors (Lipinski definition) is 4. The Labute approximate surface area is 151 Å². The van der Waals surface area contributed by atoms with Crippen LogP contribution in [0.1, 0.15) is 41.6 Å². The number of nitrogens with one attached hydrogen (secondary N) is 2. The van der Waals surface area contributed by atoms with Gasteiger partial charge in [0.15, 0.2) is 11.6 Å². The summed E-state index contributed by atoms with van der Waals surface area (Å²) in [6.07, 6.45) is 7.11. The predicted molar refractivity (Wildman–Crippen MR) is 98.8 cm³/mol. The van der Waals surface area contributed by atoms with E-state index in [1.54, 1.807) is 12.4 Å². The Bertz CT molecular complexity index is 812. The topological polar surface area (TPSA) is 119 Å². The Hall–Kier alpha value is -2.74. The molecule has 6 N–H and O–H groups in total. The van der Waals surface area contributed by atoms with Gasteiger partial charge < -0.3 is 22.1 Å². The molecule has 3 rings (SSSR count). The lowest BCUT2D eigenvalue weighted by atomic mass is 9.91. The van der Waals surface area contributed by atoms with Gasteiger partial charge in [0.1, 0.15) is 5.82 Å². The first-order valence-electron chi connectivity index (χ1n) is 8.66. The van der Waals surface area contributed by atoms with Crippen molar-refractivity contribution < 1.29 is 9.18 Å². The number of nitrogens with two attached hydrogens (primary N) is 2. The van der Waals surface area contributed by atoms with Crippen molar-refractivity contribution in [2.45, 2.75) is 44.7 Å². The van der Waals surface area contributed by atoms with Crippen molar-refractivity contribution in [3.63, 3.8) is 0 Å². The minimum Gasteiger partial charge on any atom is -0.365 e. The van der Waals surface area contributed by atoms with Gasteiger partial charge >= 0.3 is 0 Å². The summed E-state index contributed by atoms with van der Waals surface area (Å²) in [7, 11) is 0. The van der Waals surface area contributed by atoms with Gasteiger partial charge in [-0.2, -0.15) is 0 Å². The van der Waals surface area contributed by atoms with Crippen molar-refractivity contribution in [2.24, 2.45) is 11.5 Å². The second-order valence-electron chi connectivity index (χ2n) is 6.59. The number of halogens is 1. The minimum atomic E-state index is -0.763. The van der Waals surface area contributed by atoms with E-state index >= 15 is 0 Å². The highest BCUT2D eigenvalue weighted by molar-refractivity contribution is 5.98. The molecule has 0 aromatic carbocycles. The molecule has 1 aliphatic carbocycles. The zero-order chi connectivity index (χ0) is 18.7. The van der Waals surface area contributed by atoms with Gasteiger partial charge in [-0.15, -0.1) is 0 Å². The number of amides is 1. The number of aryl methyl sites for hydroxylation is 1. The molecule has 0 aliphatic heterocycles. The van der Waals surface area contributed by atoms with Crippen molar-refractivity contribution in [1.29, 1.82) is 0 Å². The number of hydrogen-bond acceptors (Lipinski definition) is 6. The van der Waals surface area contributed by atoms with Crippen LogP contribution in [0.5, 0.6) is 0 Å². The zero-order valence-electron chi connectivity index (χ0n) is 14.6. The molecule has 7 nitrogen and oxygen atoms in total. The molecule has 2 aromatic rings. The quantitative estimate of drug-likeness (QED) is 0.652. The van der Waals surface area contributed by atoms with Crippen LogP contribution in [0.15, 0.2) is 24.5 Å². The van der Waals surface area contributed by atoms with E-state index in [4.69, 9.17) is 11.5 Å². The molecule has 0 radical (unpaired) electrons. The molecule has 2 atom stereocenters. The van der Waals surface area contributed by atoms with Gasteiger partial charge in [-0.1, -0.05) is 12.8 Å². The highest BCUT2D eigenvalue weighted by Crippen LogP contribution is 2.27. The van der Waals surface area contributed by atoms with Gasteiger partial charge in [0.05, 0.1) is 17.4 Å². The van der Waals surface area contributed by atoms with Crippen LogP contribution in [0.4, 0.5) is 21.7 Å². The molecule has 0 spiro atoms. The molecular weight excluding hydrogens is 335 g/mol. The molecular formula is C18H23FN6O. The van der Waals surface area contributed by atoms with E-state index in [0.717, 1.165) is 37.3 Å². The van der Waals surface area contributed by atoms with E-state index in [1.165, 1.54) is 0 Å².